The van der Waals surface area contributed by atoms with Crippen molar-refractivity contribution in [3.05, 3.63) is 29.8 Å². The molecule has 14 heavy (non-hydrogen) atoms. The van der Waals surface area contributed by atoms with Crippen LogP contribution in [0.25, 0.3) is 0 Å². The summed E-state index contributed by atoms with van der Waals surface area (Å²) in [5.74, 6) is 0.853. The van der Waals surface area contributed by atoms with E-state index in [1.165, 1.54) is 0 Å². The van der Waals surface area contributed by atoms with Gasteiger partial charge in [-0.3, -0.25) is 4.99 Å². The Labute approximate surface area is 82.7 Å². The summed E-state index contributed by atoms with van der Waals surface area (Å²) in [6.07, 6.45) is 0. The molecule has 4 heteroatoms. The molecule has 1 atom stereocenters. The Morgan fingerprint density at radius 3 is 2.57 bits per heavy atom. The first-order chi connectivity index (χ1) is 6.68. The Morgan fingerprint density at radius 2 is 2.07 bits per heavy atom. The van der Waals surface area contributed by atoms with Crippen LogP contribution in [0.15, 0.2) is 29.3 Å². The van der Waals surface area contributed by atoms with Crippen LogP contribution < -0.4 is 5.73 Å². The summed E-state index contributed by atoms with van der Waals surface area (Å²) in [5, 5.41) is 9.15. The molecule has 0 aliphatic carbocycles. The zero-order chi connectivity index (χ0) is 10.1. The quantitative estimate of drug-likeness (QED) is 0.686. The van der Waals surface area contributed by atoms with Gasteiger partial charge in [0.2, 0.25) is 0 Å². The van der Waals surface area contributed by atoms with Gasteiger partial charge in [0.25, 0.3) is 0 Å². The fourth-order valence-electron chi connectivity index (χ4n) is 1.60. The highest BCUT2D eigenvalue weighted by atomic mass is 16.3. The number of guanidine groups is 1. The Bertz CT molecular complexity index is 358. The van der Waals surface area contributed by atoms with E-state index in [0.717, 1.165) is 5.56 Å². The van der Waals surface area contributed by atoms with Crippen LogP contribution in [0.5, 0.6) is 5.75 Å². The van der Waals surface area contributed by atoms with Gasteiger partial charge in [-0.2, -0.15) is 0 Å². The first kappa shape index (κ1) is 8.87. The van der Waals surface area contributed by atoms with Gasteiger partial charge in [0, 0.05) is 7.05 Å². The van der Waals surface area contributed by atoms with Crippen molar-refractivity contribution in [2.75, 3.05) is 13.6 Å². The maximum absolute atomic E-state index is 9.15. The molecule has 1 heterocycles. The molecule has 74 valence electrons. The van der Waals surface area contributed by atoms with E-state index in [-0.39, 0.29) is 11.8 Å². The lowest BCUT2D eigenvalue weighted by molar-refractivity contribution is 0.413. The van der Waals surface area contributed by atoms with Crippen LogP contribution in [-0.2, 0) is 0 Å². The van der Waals surface area contributed by atoms with Crippen molar-refractivity contribution in [2.45, 2.75) is 6.04 Å². The molecule has 1 aliphatic heterocycles. The highest BCUT2D eigenvalue weighted by molar-refractivity contribution is 5.80. The molecule has 0 saturated carbocycles. The molecule has 0 bridgehead atoms. The standard InChI is InChI=1S/C10H13N3O/c1-13-9(6-12-10(13)11)7-2-4-8(14)5-3-7/h2-5,9,14H,6H2,1H3,(H2,11,12). The average Bonchev–Trinajstić information content (AvgIpc) is 2.50. The number of phenolic OH excluding ortho intramolecular Hbond substituents is 1. The molecule has 0 fully saturated rings. The lowest BCUT2D eigenvalue weighted by Gasteiger charge is -2.21. The summed E-state index contributed by atoms with van der Waals surface area (Å²) in [7, 11) is 1.92. The third kappa shape index (κ3) is 1.39. The number of nitrogens with two attached hydrogens (primary N) is 1. The van der Waals surface area contributed by atoms with Gasteiger partial charge < -0.3 is 15.7 Å². The summed E-state index contributed by atoms with van der Waals surface area (Å²) >= 11 is 0. The predicted octanol–water partition coefficient (Wildman–Crippen LogP) is 0.693. The van der Waals surface area contributed by atoms with Gasteiger partial charge in [-0.1, -0.05) is 12.1 Å². The smallest absolute Gasteiger partial charge is 0.191 e. The third-order valence-corrected chi connectivity index (χ3v) is 2.53. The number of benzene rings is 1. The Balaban J connectivity index is 2.22. The fourth-order valence-corrected chi connectivity index (χ4v) is 1.60. The van der Waals surface area contributed by atoms with Crippen molar-refractivity contribution in [1.29, 1.82) is 0 Å². The minimum atomic E-state index is 0.204. The van der Waals surface area contributed by atoms with E-state index in [0.29, 0.717) is 12.5 Å². The molecule has 1 aromatic rings. The van der Waals surface area contributed by atoms with Crippen LogP contribution in [0.2, 0.25) is 0 Å². The van der Waals surface area contributed by atoms with E-state index in [1.54, 1.807) is 12.1 Å². The van der Waals surface area contributed by atoms with Crippen LogP contribution >= 0.6 is 0 Å². The normalized spacial score (nSPS) is 21.1. The molecule has 3 N–H and O–H groups in total. The minimum absolute atomic E-state index is 0.204. The second-order valence-corrected chi connectivity index (χ2v) is 3.42. The number of phenols is 1. The highest BCUT2D eigenvalue weighted by Crippen LogP contribution is 2.24. The maximum atomic E-state index is 9.15. The molecule has 0 amide bonds. The maximum Gasteiger partial charge on any atom is 0.191 e. The predicted molar refractivity (Wildman–Crippen MR) is 55.1 cm³/mol. The Morgan fingerprint density at radius 1 is 1.43 bits per heavy atom. The van der Waals surface area contributed by atoms with Crippen molar-refractivity contribution >= 4 is 5.96 Å². The van der Waals surface area contributed by atoms with E-state index < -0.39 is 0 Å². The van der Waals surface area contributed by atoms with Crippen molar-refractivity contribution < 1.29 is 5.11 Å². The fraction of sp³-hybridized carbons (Fsp3) is 0.300. The number of aromatic hydroxyl groups is 1. The Kier molecular flexibility index (Phi) is 2.04. The molecule has 0 saturated heterocycles. The van der Waals surface area contributed by atoms with E-state index >= 15 is 0 Å². The van der Waals surface area contributed by atoms with Crippen LogP contribution in [0.4, 0.5) is 0 Å². The average molecular weight is 191 g/mol. The molecular formula is C10H13N3O. The molecule has 1 unspecified atom stereocenters. The van der Waals surface area contributed by atoms with Gasteiger partial charge in [0.05, 0.1) is 12.6 Å². The minimum Gasteiger partial charge on any atom is -0.508 e. The second kappa shape index (κ2) is 3.21. The number of hydrogen-bond acceptors (Lipinski definition) is 4. The lowest BCUT2D eigenvalue weighted by atomic mass is 10.1. The van der Waals surface area contributed by atoms with Crippen molar-refractivity contribution in [3.63, 3.8) is 0 Å². The number of nitrogens with zero attached hydrogens (tertiary/aromatic N) is 2. The van der Waals surface area contributed by atoms with E-state index in [2.05, 4.69) is 4.99 Å². The zero-order valence-corrected chi connectivity index (χ0v) is 8.01. The molecule has 2 rings (SSSR count). The van der Waals surface area contributed by atoms with Gasteiger partial charge in [-0.05, 0) is 17.7 Å². The summed E-state index contributed by atoms with van der Waals surface area (Å²) in [5.41, 5.74) is 6.78. The van der Waals surface area contributed by atoms with Gasteiger partial charge in [-0.15, -0.1) is 0 Å². The first-order valence-electron chi connectivity index (χ1n) is 4.50. The molecule has 0 spiro atoms. The Hall–Kier alpha value is -1.71. The van der Waals surface area contributed by atoms with Gasteiger partial charge in [0.15, 0.2) is 5.96 Å². The topological polar surface area (TPSA) is 61.8 Å². The number of likely N-dealkylation sites (N-methyl/N-ethyl adjacent to an activating group) is 1. The van der Waals surface area contributed by atoms with Crippen molar-refractivity contribution in [1.82, 2.24) is 4.90 Å². The molecular weight excluding hydrogens is 178 g/mol. The SMILES string of the molecule is CN1C(N)=NCC1c1ccc(O)cc1. The molecule has 1 aliphatic rings. The van der Waals surface area contributed by atoms with Crippen LogP contribution in [0, 0.1) is 0 Å². The summed E-state index contributed by atoms with van der Waals surface area (Å²) in [6.45, 7) is 0.688. The molecule has 1 aromatic carbocycles. The zero-order valence-electron chi connectivity index (χ0n) is 8.01. The summed E-state index contributed by atoms with van der Waals surface area (Å²) in [4.78, 5) is 6.09. The van der Waals surface area contributed by atoms with Crippen LogP contribution in [0.1, 0.15) is 11.6 Å². The second-order valence-electron chi connectivity index (χ2n) is 3.42. The third-order valence-electron chi connectivity index (χ3n) is 2.53. The van der Waals surface area contributed by atoms with Gasteiger partial charge in [0.1, 0.15) is 5.75 Å². The highest BCUT2D eigenvalue weighted by Gasteiger charge is 2.23. The molecule has 4 nitrogen and oxygen atoms in total. The van der Waals surface area contributed by atoms with E-state index in [4.69, 9.17) is 10.8 Å². The lowest BCUT2D eigenvalue weighted by Crippen LogP contribution is -2.32. The first-order valence-corrected chi connectivity index (χ1v) is 4.50. The van der Waals surface area contributed by atoms with Crippen molar-refractivity contribution in [3.8, 4) is 5.75 Å². The summed E-state index contributed by atoms with van der Waals surface area (Å²) in [6, 6.07) is 7.35. The monoisotopic (exact) mass is 191 g/mol. The van der Waals surface area contributed by atoms with Gasteiger partial charge in [-0.25, -0.2) is 0 Å². The molecule has 0 radical (unpaired) electrons. The summed E-state index contributed by atoms with van der Waals surface area (Å²) < 4.78 is 0. The largest absolute Gasteiger partial charge is 0.508 e. The van der Waals surface area contributed by atoms with E-state index in [1.807, 2.05) is 24.1 Å². The van der Waals surface area contributed by atoms with Crippen LogP contribution in [-0.4, -0.2) is 29.6 Å². The number of hydrogen-bond donors (Lipinski definition) is 2. The van der Waals surface area contributed by atoms with Crippen LogP contribution in [0.3, 0.4) is 0 Å². The van der Waals surface area contributed by atoms with Crippen molar-refractivity contribution in [2.24, 2.45) is 10.7 Å². The van der Waals surface area contributed by atoms with Gasteiger partial charge >= 0.3 is 0 Å². The number of aliphatic imine (C=N–C) groups is 1. The number of rotatable bonds is 1. The molecule has 0 aromatic heterocycles. The van der Waals surface area contributed by atoms with E-state index in [9.17, 15) is 0 Å².